The van der Waals surface area contributed by atoms with Crippen molar-refractivity contribution in [2.24, 2.45) is 10.9 Å². The molecule has 3 aromatic carbocycles. The zero-order valence-electron chi connectivity index (χ0n) is 27.9. The topological polar surface area (TPSA) is 67.6 Å². The van der Waals surface area contributed by atoms with Crippen molar-refractivity contribution in [3.05, 3.63) is 101 Å². The molecule has 3 aliphatic heterocycles. The van der Waals surface area contributed by atoms with Crippen LogP contribution < -0.4 is 14.5 Å². The van der Waals surface area contributed by atoms with E-state index in [4.69, 9.17) is 42.4 Å². The van der Waals surface area contributed by atoms with Gasteiger partial charge in [0.2, 0.25) is 5.79 Å². The lowest BCUT2D eigenvalue weighted by Gasteiger charge is -2.37. The molecule has 0 spiro atoms. The molecular weight excluding hydrogens is 679 g/mol. The fraction of sp³-hybridized carbons (Fsp3) is 0.405. The zero-order chi connectivity index (χ0) is 33.8. The predicted octanol–water partition coefficient (Wildman–Crippen LogP) is 7.56. The minimum Gasteiger partial charge on any atom is -0.491 e. The maximum Gasteiger partial charge on any atom is 0.215 e. The molecule has 0 N–H and O–H groups in total. The Balaban J connectivity index is 0.909. The highest BCUT2D eigenvalue weighted by atomic mass is 35.5. The molecule has 0 saturated carbocycles. The normalized spacial score (nSPS) is 22.1. The second-order valence-electron chi connectivity index (χ2n) is 13.0. The number of piperazine rings is 1. The first-order valence-corrected chi connectivity index (χ1v) is 18.6. The number of nitrogens with zero attached hydrogens (tertiary/aromatic N) is 6. The van der Waals surface area contributed by atoms with Crippen molar-refractivity contribution in [2.75, 3.05) is 68.0 Å². The van der Waals surface area contributed by atoms with Crippen LogP contribution in [0.4, 0.5) is 17.1 Å². The molecule has 3 aliphatic rings. The molecule has 4 aromatic rings. The number of imidazole rings is 1. The van der Waals surface area contributed by atoms with E-state index in [9.17, 15) is 0 Å². The van der Waals surface area contributed by atoms with Gasteiger partial charge in [-0.05, 0) is 66.6 Å². The van der Waals surface area contributed by atoms with Crippen LogP contribution in [0.25, 0.3) is 0 Å². The lowest BCUT2D eigenvalue weighted by atomic mass is 10.1. The lowest BCUT2D eigenvalue weighted by molar-refractivity contribution is -0.189. The molecule has 9 nitrogen and oxygen atoms in total. The van der Waals surface area contributed by atoms with Gasteiger partial charge < -0.3 is 33.5 Å². The third-order valence-corrected chi connectivity index (χ3v) is 10.5. The number of anilines is 2. The Labute approximate surface area is 302 Å². The second kappa shape index (κ2) is 15.2. The Morgan fingerprint density at radius 1 is 0.959 bits per heavy atom. The van der Waals surface area contributed by atoms with Gasteiger partial charge in [0.15, 0.2) is 5.17 Å². The van der Waals surface area contributed by atoms with Crippen LogP contribution in [0.3, 0.4) is 0 Å². The SMILES string of the molecule is CC(C)CN1CCSC1=Nc1ccc(N2CCN(c3ccc(OC[C@@H]4CO[C@@](Cn5ccnc5)(c5ccc(Cl)cc5Cl)O4)cc3)CC2)cc1. The Morgan fingerprint density at radius 3 is 2.33 bits per heavy atom. The molecule has 3 saturated heterocycles. The van der Waals surface area contributed by atoms with Crippen LogP contribution >= 0.6 is 35.0 Å². The Kier molecular flexibility index (Phi) is 10.6. The first kappa shape index (κ1) is 34.1. The van der Waals surface area contributed by atoms with Gasteiger partial charge in [-0.2, -0.15) is 0 Å². The lowest BCUT2D eigenvalue weighted by Crippen LogP contribution is -2.46. The number of hydrogen-bond acceptors (Lipinski definition) is 8. The molecule has 12 heteroatoms. The highest BCUT2D eigenvalue weighted by Crippen LogP contribution is 2.40. The smallest absolute Gasteiger partial charge is 0.215 e. The van der Waals surface area contributed by atoms with Gasteiger partial charge in [-0.25, -0.2) is 9.98 Å². The van der Waals surface area contributed by atoms with Crippen LogP contribution in [0, 0.1) is 5.92 Å². The van der Waals surface area contributed by atoms with Gasteiger partial charge in [-0.1, -0.05) is 54.9 Å². The Morgan fingerprint density at radius 2 is 1.67 bits per heavy atom. The summed E-state index contributed by atoms with van der Waals surface area (Å²) in [6.07, 6.45) is 5.04. The van der Waals surface area contributed by atoms with Crippen molar-refractivity contribution < 1.29 is 14.2 Å². The summed E-state index contributed by atoms with van der Waals surface area (Å²) in [7, 11) is 0. The molecule has 4 heterocycles. The van der Waals surface area contributed by atoms with Crippen molar-refractivity contribution >= 4 is 57.2 Å². The standard InChI is InChI=1S/C37H42Cl2N6O3S/c1-27(2)22-45-19-20-49-36(45)41-29-4-6-30(7-5-29)43-15-17-44(18-16-43)31-8-10-32(11-9-31)46-23-33-24-47-37(48-33,25-42-14-13-40-26-42)34-12-3-28(38)21-35(34)39/h3-14,21,26-27,33H,15-20,22-25H2,1-2H3/t33-,37-/m1/s1. The van der Waals surface area contributed by atoms with Crippen molar-refractivity contribution in [2.45, 2.75) is 32.3 Å². The molecule has 0 bridgehead atoms. The molecule has 3 fully saturated rings. The Hall–Kier alpha value is -3.41. The highest BCUT2D eigenvalue weighted by Gasteiger charge is 2.45. The number of aliphatic imine (C=N–C) groups is 1. The predicted molar refractivity (Wildman–Crippen MR) is 200 cm³/mol. The minimum absolute atomic E-state index is 0.286. The first-order valence-electron chi connectivity index (χ1n) is 16.9. The second-order valence-corrected chi connectivity index (χ2v) is 14.9. The summed E-state index contributed by atoms with van der Waals surface area (Å²) in [4.78, 5) is 16.4. The van der Waals surface area contributed by atoms with E-state index in [0.29, 0.717) is 35.7 Å². The number of thioether (sulfide) groups is 1. The van der Waals surface area contributed by atoms with Crippen molar-refractivity contribution in [3.8, 4) is 5.75 Å². The van der Waals surface area contributed by atoms with E-state index in [2.05, 4.69) is 69.9 Å². The van der Waals surface area contributed by atoms with Gasteiger partial charge in [-0.3, -0.25) is 0 Å². The van der Waals surface area contributed by atoms with Crippen LogP contribution in [0.5, 0.6) is 5.75 Å². The maximum atomic E-state index is 6.61. The quantitative estimate of drug-likeness (QED) is 0.157. The molecule has 0 unspecified atom stereocenters. The van der Waals surface area contributed by atoms with E-state index in [-0.39, 0.29) is 6.10 Å². The van der Waals surface area contributed by atoms with E-state index in [1.54, 1.807) is 24.7 Å². The van der Waals surface area contributed by atoms with Gasteiger partial charge in [0.1, 0.15) is 18.5 Å². The average molecular weight is 722 g/mol. The average Bonchev–Trinajstić information content (AvgIpc) is 3.87. The summed E-state index contributed by atoms with van der Waals surface area (Å²) in [5.74, 6) is 1.45. The number of amidine groups is 1. The zero-order valence-corrected chi connectivity index (χ0v) is 30.2. The molecule has 49 heavy (non-hydrogen) atoms. The molecule has 0 radical (unpaired) electrons. The van der Waals surface area contributed by atoms with Gasteiger partial charge in [0.05, 0.1) is 30.2 Å². The van der Waals surface area contributed by atoms with Crippen molar-refractivity contribution in [3.63, 3.8) is 0 Å². The van der Waals surface area contributed by atoms with Crippen LogP contribution in [0.15, 0.2) is 90.4 Å². The van der Waals surface area contributed by atoms with Crippen LogP contribution in [0.1, 0.15) is 19.4 Å². The first-order chi connectivity index (χ1) is 23.8. The summed E-state index contributed by atoms with van der Waals surface area (Å²) in [6, 6.07) is 22.4. The van der Waals surface area contributed by atoms with Crippen molar-refractivity contribution in [1.82, 2.24) is 14.5 Å². The molecular formula is C37H42Cl2N6O3S. The van der Waals surface area contributed by atoms with Crippen LogP contribution in [0.2, 0.25) is 10.0 Å². The number of hydrogen-bond donors (Lipinski definition) is 0. The van der Waals surface area contributed by atoms with Gasteiger partial charge in [0.25, 0.3) is 0 Å². The third-order valence-electron chi connectivity index (χ3n) is 8.96. The molecule has 2 atom stereocenters. The van der Waals surface area contributed by atoms with Crippen LogP contribution in [-0.2, 0) is 21.8 Å². The molecule has 1 aromatic heterocycles. The van der Waals surface area contributed by atoms with Crippen molar-refractivity contribution in [1.29, 1.82) is 0 Å². The maximum absolute atomic E-state index is 6.61. The van der Waals surface area contributed by atoms with E-state index in [1.807, 2.05) is 40.7 Å². The minimum atomic E-state index is -1.08. The van der Waals surface area contributed by atoms with Gasteiger partial charge >= 0.3 is 0 Å². The van der Waals surface area contributed by atoms with E-state index >= 15 is 0 Å². The number of aromatic nitrogens is 2. The number of rotatable bonds is 11. The summed E-state index contributed by atoms with van der Waals surface area (Å²) in [5.41, 5.74) is 4.18. The third kappa shape index (κ3) is 8.15. The van der Waals surface area contributed by atoms with Gasteiger partial charge in [-0.15, -0.1) is 0 Å². The van der Waals surface area contributed by atoms with E-state index < -0.39 is 5.79 Å². The van der Waals surface area contributed by atoms with E-state index in [0.717, 1.165) is 67.2 Å². The molecule has 258 valence electrons. The van der Waals surface area contributed by atoms with Gasteiger partial charge in [0, 0.05) is 79.4 Å². The van der Waals surface area contributed by atoms with E-state index in [1.165, 1.54) is 11.4 Å². The fourth-order valence-corrected chi connectivity index (χ4v) is 8.10. The largest absolute Gasteiger partial charge is 0.491 e. The molecule has 0 amide bonds. The Bertz CT molecular complexity index is 1720. The summed E-state index contributed by atoms with van der Waals surface area (Å²) in [5, 5.41) is 2.19. The number of ether oxygens (including phenoxy) is 3. The number of benzene rings is 3. The van der Waals surface area contributed by atoms with Crippen LogP contribution in [-0.4, -0.2) is 84.0 Å². The number of halogens is 2. The summed E-state index contributed by atoms with van der Waals surface area (Å²) in [6.45, 7) is 11.6. The molecule has 0 aliphatic carbocycles. The highest BCUT2D eigenvalue weighted by molar-refractivity contribution is 8.14. The fourth-order valence-electron chi connectivity index (χ4n) is 6.54. The summed E-state index contributed by atoms with van der Waals surface area (Å²) < 4.78 is 20.9. The monoisotopic (exact) mass is 720 g/mol. The summed E-state index contributed by atoms with van der Waals surface area (Å²) >= 11 is 14.6. The molecule has 7 rings (SSSR count).